The summed E-state index contributed by atoms with van der Waals surface area (Å²) in [5.74, 6) is -3.34. The van der Waals surface area contributed by atoms with Gasteiger partial charge in [-0.2, -0.15) is 0 Å². The van der Waals surface area contributed by atoms with Crippen LogP contribution in [0.4, 0.5) is 17.1 Å². The molecule has 3 aromatic heterocycles. The van der Waals surface area contributed by atoms with Crippen LogP contribution in [-0.2, 0) is 35.6 Å². The minimum absolute atomic E-state index is 0.0145. The van der Waals surface area contributed by atoms with E-state index in [1.54, 1.807) is 7.05 Å². The summed E-state index contributed by atoms with van der Waals surface area (Å²) >= 11 is 0. The van der Waals surface area contributed by atoms with Gasteiger partial charge in [-0.3, -0.25) is 29.3 Å². The van der Waals surface area contributed by atoms with Gasteiger partial charge in [-0.1, -0.05) is 0 Å². The van der Waals surface area contributed by atoms with Gasteiger partial charge in [0.15, 0.2) is 0 Å². The summed E-state index contributed by atoms with van der Waals surface area (Å²) in [7, 11) is 4.59. The number of hydroxylamine groups is 2. The Hall–Kier alpha value is -5.21. The lowest BCUT2D eigenvalue weighted by molar-refractivity contribution is -0.384. The molecule has 0 unspecified atom stereocenters. The normalized spacial score (nSPS) is 13.1. The molecule has 15 nitrogen and oxygen atoms in total. The summed E-state index contributed by atoms with van der Waals surface area (Å²) in [6.45, 7) is 0. The standard InChI is InChI=1S/C22H21N7O8/c1-25-9-12(23-21(33)16-8-14(29(35)36)11-27(16)3)6-15(25)20(32)24-13-7-17(26(2)10-13)22(34)37-28-18(30)4-5-19(28)31/h6-11H,4-5H2,1-3H3,(H,23,33)(H,24,32). The maximum Gasteiger partial charge on any atom is 0.380 e. The average molecular weight is 511 g/mol. The van der Waals surface area contributed by atoms with Crippen LogP contribution in [0.5, 0.6) is 0 Å². The maximum atomic E-state index is 12.8. The van der Waals surface area contributed by atoms with Crippen LogP contribution in [-0.4, -0.2) is 53.3 Å². The van der Waals surface area contributed by atoms with Crippen molar-refractivity contribution in [2.24, 2.45) is 21.1 Å². The highest BCUT2D eigenvalue weighted by Crippen LogP contribution is 2.21. The third kappa shape index (κ3) is 4.95. The summed E-state index contributed by atoms with van der Waals surface area (Å²) in [4.78, 5) is 76.4. The Morgan fingerprint density at radius 1 is 0.811 bits per heavy atom. The highest BCUT2D eigenvalue weighted by Gasteiger charge is 2.33. The van der Waals surface area contributed by atoms with Gasteiger partial charge in [-0.25, -0.2) is 4.79 Å². The lowest BCUT2D eigenvalue weighted by Crippen LogP contribution is -2.32. The molecule has 0 atom stereocenters. The van der Waals surface area contributed by atoms with Crippen LogP contribution < -0.4 is 10.6 Å². The van der Waals surface area contributed by atoms with E-state index in [1.807, 2.05) is 0 Å². The van der Waals surface area contributed by atoms with Crippen molar-refractivity contribution in [1.29, 1.82) is 0 Å². The second-order valence-corrected chi connectivity index (χ2v) is 8.27. The van der Waals surface area contributed by atoms with E-state index in [2.05, 4.69) is 10.6 Å². The molecule has 1 aliphatic rings. The van der Waals surface area contributed by atoms with Gasteiger partial charge in [0.1, 0.15) is 17.1 Å². The first-order valence-corrected chi connectivity index (χ1v) is 10.8. The number of rotatable bonds is 7. The van der Waals surface area contributed by atoms with Crippen LogP contribution in [0, 0.1) is 10.1 Å². The van der Waals surface area contributed by atoms with Crippen LogP contribution in [0.15, 0.2) is 36.8 Å². The number of imide groups is 1. The zero-order chi connectivity index (χ0) is 27.0. The summed E-state index contributed by atoms with van der Waals surface area (Å²) in [6.07, 6.45) is 4.07. The minimum atomic E-state index is -0.948. The fourth-order valence-electron chi connectivity index (χ4n) is 3.74. The van der Waals surface area contributed by atoms with E-state index < -0.39 is 34.5 Å². The van der Waals surface area contributed by atoms with Crippen LogP contribution in [0.3, 0.4) is 0 Å². The van der Waals surface area contributed by atoms with Crippen molar-refractivity contribution in [1.82, 2.24) is 18.8 Å². The minimum Gasteiger partial charge on any atom is -0.344 e. The quantitative estimate of drug-likeness (QED) is 0.271. The number of nitro groups is 1. The fraction of sp³-hybridized carbons (Fsp3) is 0.227. The van der Waals surface area contributed by atoms with Gasteiger partial charge < -0.3 is 29.2 Å². The molecule has 0 saturated carbocycles. The van der Waals surface area contributed by atoms with E-state index in [4.69, 9.17) is 4.84 Å². The van der Waals surface area contributed by atoms with Crippen molar-refractivity contribution in [2.75, 3.05) is 10.6 Å². The molecule has 1 saturated heterocycles. The van der Waals surface area contributed by atoms with Gasteiger partial charge >= 0.3 is 5.97 Å². The Morgan fingerprint density at radius 3 is 1.78 bits per heavy atom. The van der Waals surface area contributed by atoms with Gasteiger partial charge in [0.05, 0.1) is 22.5 Å². The van der Waals surface area contributed by atoms with Crippen molar-refractivity contribution in [3.63, 3.8) is 0 Å². The topological polar surface area (TPSA) is 180 Å². The highest BCUT2D eigenvalue weighted by atomic mass is 16.7. The van der Waals surface area contributed by atoms with Gasteiger partial charge in [-0.05, 0) is 12.1 Å². The predicted octanol–water partition coefficient (Wildman–Crippen LogP) is 1.34. The lowest BCUT2D eigenvalue weighted by Gasteiger charge is -2.12. The van der Waals surface area contributed by atoms with E-state index in [1.165, 1.54) is 58.5 Å². The first kappa shape index (κ1) is 24.9. The molecule has 2 N–H and O–H groups in total. The molecule has 0 radical (unpaired) electrons. The third-order valence-corrected chi connectivity index (χ3v) is 5.58. The number of hydrogen-bond donors (Lipinski definition) is 2. The molecule has 3 aromatic rings. The molecule has 0 aliphatic carbocycles. The molecule has 37 heavy (non-hydrogen) atoms. The Balaban J connectivity index is 1.44. The van der Waals surface area contributed by atoms with Crippen molar-refractivity contribution in [2.45, 2.75) is 12.8 Å². The fourth-order valence-corrected chi connectivity index (χ4v) is 3.74. The van der Waals surface area contributed by atoms with Gasteiger partial charge in [0.2, 0.25) is 0 Å². The van der Waals surface area contributed by atoms with E-state index in [9.17, 15) is 34.1 Å². The number of nitrogens with zero attached hydrogens (tertiary/aromatic N) is 5. The second-order valence-electron chi connectivity index (χ2n) is 8.27. The van der Waals surface area contributed by atoms with Crippen molar-refractivity contribution < 1.29 is 33.7 Å². The number of aromatic nitrogens is 3. The Bertz CT molecular complexity index is 1460. The molecule has 1 aliphatic heterocycles. The number of aryl methyl sites for hydroxylation is 3. The SMILES string of the molecule is Cn1cc(NC(=O)c2cc([N+](=O)[O-])cn2C)cc1C(=O)Nc1cc(C(=O)ON2C(=O)CCC2=O)n(C)c1. The Morgan fingerprint density at radius 2 is 1.27 bits per heavy atom. The monoisotopic (exact) mass is 511 g/mol. The molecule has 0 aromatic carbocycles. The zero-order valence-electron chi connectivity index (χ0n) is 19.9. The summed E-state index contributed by atoms with van der Waals surface area (Å²) in [5, 5.41) is 16.6. The largest absolute Gasteiger partial charge is 0.380 e. The van der Waals surface area contributed by atoms with Gasteiger partial charge in [0, 0.05) is 52.4 Å². The maximum absolute atomic E-state index is 12.8. The summed E-state index contributed by atoms with van der Waals surface area (Å²) in [6, 6.07) is 3.87. The van der Waals surface area contributed by atoms with Crippen molar-refractivity contribution in [3.8, 4) is 0 Å². The highest BCUT2D eigenvalue weighted by molar-refractivity contribution is 6.07. The van der Waals surface area contributed by atoms with E-state index in [-0.39, 0.29) is 47.0 Å². The van der Waals surface area contributed by atoms with Crippen LogP contribution in [0.2, 0.25) is 0 Å². The molecular formula is C22H21N7O8. The van der Waals surface area contributed by atoms with Crippen LogP contribution in [0.1, 0.15) is 44.3 Å². The van der Waals surface area contributed by atoms with E-state index >= 15 is 0 Å². The first-order valence-electron chi connectivity index (χ1n) is 10.8. The lowest BCUT2D eigenvalue weighted by atomic mass is 10.3. The number of carbonyl (C=O) groups is 5. The predicted molar refractivity (Wildman–Crippen MR) is 125 cm³/mol. The number of nitrogens with one attached hydrogen (secondary N) is 2. The van der Waals surface area contributed by atoms with Gasteiger partial charge in [-0.15, -0.1) is 5.06 Å². The van der Waals surface area contributed by atoms with Crippen molar-refractivity contribution >= 4 is 46.7 Å². The van der Waals surface area contributed by atoms with Gasteiger partial charge in [0.25, 0.3) is 29.3 Å². The number of carbonyl (C=O) groups excluding carboxylic acids is 5. The molecule has 0 bridgehead atoms. The molecule has 4 rings (SSSR count). The molecule has 4 amide bonds. The Kier molecular flexibility index (Phi) is 6.36. The number of amides is 4. The zero-order valence-corrected chi connectivity index (χ0v) is 19.9. The summed E-state index contributed by atoms with van der Waals surface area (Å²) in [5.41, 5.74) is 0.488. The molecule has 15 heteroatoms. The van der Waals surface area contributed by atoms with Crippen LogP contribution in [0.25, 0.3) is 0 Å². The third-order valence-electron chi connectivity index (χ3n) is 5.58. The van der Waals surface area contributed by atoms with E-state index in [0.29, 0.717) is 5.06 Å². The molecular weight excluding hydrogens is 490 g/mol. The average Bonchev–Trinajstić information content (AvgIpc) is 3.57. The molecule has 192 valence electrons. The van der Waals surface area contributed by atoms with Crippen LogP contribution >= 0.6 is 0 Å². The van der Waals surface area contributed by atoms with E-state index in [0.717, 1.165) is 6.07 Å². The summed E-state index contributed by atoms with van der Waals surface area (Å²) < 4.78 is 4.14. The first-order chi connectivity index (χ1) is 17.4. The molecule has 1 fully saturated rings. The Labute approximate surface area is 208 Å². The second kappa shape index (κ2) is 9.44. The van der Waals surface area contributed by atoms with Crippen molar-refractivity contribution in [3.05, 3.63) is 64.0 Å². The number of anilines is 2. The molecule has 0 spiro atoms. The number of hydrogen-bond acceptors (Lipinski definition) is 8. The smallest absolute Gasteiger partial charge is 0.344 e. The molecule has 4 heterocycles.